The minimum absolute atomic E-state index is 0.379. The minimum Gasteiger partial charge on any atom is -0.508 e. The highest BCUT2D eigenvalue weighted by Crippen LogP contribution is 2.34. The van der Waals surface area contributed by atoms with Crippen molar-refractivity contribution in [2.45, 2.75) is 51.0 Å². The van der Waals surface area contributed by atoms with Gasteiger partial charge in [-0.3, -0.25) is 4.90 Å². The summed E-state index contributed by atoms with van der Waals surface area (Å²) in [7, 11) is 1.77. The number of methoxy groups -OCH3 is 1. The number of hydrogen-bond donors (Lipinski definition) is 2. The van der Waals surface area contributed by atoms with Gasteiger partial charge in [-0.2, -0.15) is 0 Å². The summed E-state index contributed by atoms with van der Waals surface area (Å²) in [5, 5.41) is 10.0. The maximum absolute atomic E-state index is 10.0. The van der Waals surface area contributed by atoms with Gasteiger partial charge in [0, 0.05) is 25.2 Å². The summed E-state index contributed by atoms with van der Waals surface area (Å²) < 4.78 is 5.56. The van der Waals surface area contributed by atoms with Gasteiger partial charge in [0.05, 0.1) is 7.11 Å². The summed E-state index contributed by atoms with van der Waals surface area (Å²) in [6.45, 7) is 6.92. The Morgan fingerprint density at radius 2 is 1.69 bits per heavy atom. The molecule has 0 atom stereocenters. The van der Waals surface area contributed by atoms with Crippen molar-refractivity contribution in [2.75, 3.05) is 46.4 Å². The number of likely N-dealkylation sites (tertiary alicyclic amines) is 1. The van der Waals surface area contributed by atoms with Crippen LogP contribution in [0.2, 0.25) is 0 Å². The standard InChI is InChI=1S/C27H41N3O2/c1-32-27-13-7-5-11-25(27)23-14-19-29(20-15-23)17-8-2-3-9-18-30(21-16-28)22-24-10-4-6-12-26(24)31/h4-7,10-13,23,31H,2-3,8-9,14-22,28H2,1H3. The van der Waals surface area contributed by atoms with Crippen molar-refractivity contribution in [3.05, 3.63) is 59.7 Å². The first-order valence-electron chi connectivity index (χ1n) is 12.3. The number of rotatable bonds is 13. The van der Waals surface area contributed by atoms with E-state index < -0.39 is 0 Å². The Kier molecular flexibility index (Phi) is 10.3. The Bertz CT molecular complexity index is 790. The number of nitrogens with zero attached hydrogens (tertiary/aromatic N) is 2. The molecule has 2 aromatic carbocycles. The number of nitrogens with two attached hydrogens (primary N) is 1. The number of aromatic hydroxyl groups is 1. The van der Waals surface area contributed by atoms with Gasteiger partial charge in [0.2, 0.25) is 0 Å². The van der Waals surface area contributed by atoms with Gasteiger partial charge in [-0.05, 0) is 75.5 Å². The van der Waals surface area contributed by atoms with Crippen LogP contribution < -0.4 is 10.5 Å². The van der Waals surface area contributed by atoms with Crippen LogP contribution in [0.25, 0.3) is 0 Å². The van der Waals surface area contributed by atoms with Gasteiger partial charge in [0.1, 0.15) is 11.5 Å². The molecule has 1 aliphatic rings. The van der Waals surface area contributed by atoms with E-state index in [1.807, 2.05) is 18.2 Å². The molecule has 1 heterocycles. The number of unbranched alkanes of at least 4 members (excludes halogenated alkanes) is 3. The van der Waals surface area contributed by atoms with Crippen molar-refractivity contribution in [3.63, 3.8) is 0 Å². The molecule has 0 aromatic heterocycles. The van der Waals surface area contributed by atoms with Crippen molar-refractivity contribution >= 4 is 0 Å². The Hall–Kier alpha value is -2.08. The number of benzene rings is 2. The number of phenols is 1. The van der Waals surface area contributed by atoms with E-state index in [1.165, 1.54) is 63.7 Å². The highest BCUT2D eigenvalue weighted by molar-refractivity contribution is 5.36. The Balaban J connectivity index is 1.30. The quantitative estimate of drug-likeness (QED) is 0.447. The Morgan fingerprint density at radius 1 is 0.969 bits per heavy atom. The second-order valence-corrected chi connectivity index (χ2v) is 8.97. The molecule has 5 nitrogen and oxygen atoms in total. The summed E-state index contributed by atoms with van der Waals surface area (Å²) in [5.41, 5.74) is 8.16. The average molecular weight is 440 g/mol. The summed E-state index contributed by atoms with van der Waals surface area (Å²) in [4.78, 5) is 4.99. The van der Waals surface area contributed by atoms with E-state index in [9.17, 15) is 5.11 Å². The van der Waals surface area contributed by atoms with E-state index in [2.05, 4.69) is 34.1 Å². The van der Waals surface area contributed by atoms with Gasteiger partial charge >= 0.3 is 0 Å². The Morgan fingerprint density at radius 3 is 2.44 bits per heavy atom. The fourth-order valence-electron chi connectivity index (χ4n) is 4.83. The predicted molar refractivity (Wildman–Crippen MR) is 132 cm³/mol. The number of phenolic OH excluding ortho intramolecular Hbond substituents is 1. The first-order chi connectivity index (χ1) is 15.7. The molecule has 0 radical (unpaired) electrons. The number of ether oxygens (including phenoxy) is 1. The van der Waals surface area contributed by atoms with Gasteiger partial charge in [-0.15, -0.1) is 0 Å². The second-order valence-electron chi connectivity index (χ2n) is 8.97. The molecule has 0 amide bonds. The molecule has 0 spiro atoms. The highest BCUT2D eigenvalue weighted by Gasteiger charge is 2.22. The molecule has 1 aliphatic heterocycles. The predicted octanol–water partition coefficient (Wildman–Crippen LogP) is 4.60. The molecule has 0 bridgehead atoms. The lowest BCUT2D eigenvalue weighted by atomic mass is 9.88. The monoisotopic (exact) mass is 439 g/mol. The van der Waals surface area contributed by atoms with Crippen LogP contribution >= 0.6 is 0 Å². The van der Waals surface area contributed by atoms with Crippen LogP contribution in [0.15, 0.2) is 48.5 Å². The normalized spacial score (nSPS) is 15.3. The Labute approximate surface area is 194 Å². The number of piperidine rings is 1. The first kappa shape index (κ1) is 24.6. The van der Waals surface area contributed by atoms with E-state index >= 15 is 0 Å². The SMILES string of the molecule is COc1ccccc1C1CCN(CCCCCCN(CCN)Cc2ccccc2O)CC1. The van der Waals surface area contributed by atoms with Crippen LogP contribution in [0.3, 0.4) is 0 Å². The van der Waals surface area contributed by atoms with Gasteiger partial charge in [0.15, 0.2) is 0 Å². The van der Waals surface area contributed by atoms with Crippen LogP contribution in [-0.2, 0) is 6.54 Å². The maximum Gasteiger partial charge on any atom is 0.122 e. The number of para-hydroxylation sites is 2. The molecule has 3 rings (SSSR count). The smallest absolute Gasteiger partial charge is 0.122 e. The van der Waals surface area contributed by atoms with Crippen molar-refractivity contribution in [1.82, 2.24) is 9.80 Å². The van der Waals surface area contributed by atoms with E-state index in [1.54, 1.807) is 13.2 Å². The summed E-state index contributed by atoms with van der Waals surface area (Å²) in [6, 6.07) is 16.1. The second kappa shape index (κ2) is 13.5. The lowest BCUT2D eigenvalue weighted by molar-refractivity contribution is 0.205. The average Bonchev–Trinajstić information content (AvgIpc) is 2.83. The lowest BCUT2D eigenvalue weighted by Crippen LogP contribution is -2.33. The van der Waals surface area contributed by atoms with Gasteiger partial charge < -0.3 is 20.5 Å². The molecule has 5 heteroatoms. The zero-order valence-corrected chi connectivity index (χ0v) is 19.7. The van der Waals surface area contributed by atoms with Crippen LogP contribution in [0, 0.1) is 0 Å². The first-order valence-corrected chi connectivity index (χ1v) is 12.3. The zero-order valence-electron chi connectivity index (χ0n) is 19.7. The van der Waals surface area contributed by atoms with Crippen molar-refractivity contribution in [2.24, 2.45) is 5.73 Å². The molecule has 2 aromatic rings. The molecule has 1 fully saturated rings. The molecule has 1 saturated heterocycles. The van der Waals surface area contributed by atoms with Crippen molar-refractivity contribution < 1.29 is 9.84 Å². The summed E-state index contributed by atoms with van der Waals surface area (Å²) in [6.07, 6.45) is 7.43. The third-order valence-corrected chi connectivity index (χ3v) is 6.70. The van der Waals surface area contributed by atoms with Crippen LogP contribution in [-0.4, -0.2) is 61.3 Å². The van der Waals surface area contributed by atoms with E-state index in [4.69, 9.17) is 10.5 Å². The van der Waals surface area contributed by atoms with Crippen molar-refractivity contribution in [3.8, 4) is 11.5 Å². The third-order valence-electron chi connectivity index (χ3n) is 6.70. The summed E-state index contributed by atoms with van der Waals surface area (Å²) >= 11 is 0. The van der Waals surface area contributed by atoms with E-state index in [0.717, 1.165) is 30.9 Å². The minimum atomic E-state index is 0.379. The lowest BCUT2D eigenvalue weighted by Gasteiger charge is -2.32. The largest absolute Gasteiger partial charge is 0.508 e. The molecular weight excluding hydrogens is 398 g/mol. The maximum atomic E-state index is 10.0. The van der Waals surface area contributed by atoms with Gasteiger partial charge in [-0.25, -0.2) is 0 Å². The summed E-state index contributed by atoms with van der Waals surface area (Å²) in [5.74, 6) is 2.04. The third kappa shape index (κ3) is 7.51. The number of hydrogen-bond acceptors (Lipinski definition) is 5. The fourth-order valence-corrected chi connectivity index (χ4v) is 4.83. The molecule has 176 valence electrons. The van der Waals surface area contributed by atoms with E-state index in [-0.39, 0.29) is 0 Å². The molecule has 32 heavy (non-hydrogen) atoms. The van der Waals surface area contributed by atoms with Crippen molar-refractivity contribution in [1.29, 1.82) is 0 Å². The highest BCUT2D eigenvalue weighted by atomic mass is 16.5. The van der Waals surface area contributed by atoms with Crippen LogP contribution in [0.5, 0.6) is 11.5 Å². The fraction of sp³-hybridized carbons (Fsp3) is 0.556. The van der Waals surface area contributed by atoms with Gasteiger partial charge in [-0.1, -0.05) is 49.2 Å². The molecular formula is C27H41N3O2. The van der Waals surface area contributed by atoms with Gasteiger partial charge in [0.25, 0.3) is 0 Å². The zero-order chi connectivity index (χ0) is 22.6. The van der Waals surface area contributed by atoms with Crippen LogP contribution in [0.4, 0.5) is 0 Å². The molecule has 0 saturated carbocycles. The van der Waals surface area contributed by atoms with Crippen LogP contribution in [0.1, 0.15) is 55.6 Å². The molecule has 0 unspecified atom stereocenters. The molecule has 3 N–H and O–H groups in total. The topological polar surface area (TPSA) is 62.0 Å². The molecule has 0 aliphatic carbocycles. The van der Waals surface area contributed by atoms with E-state index in [0.29, 0.717) is 18.2 Å².